The Labute approximate surface area is 320 Å². The van der Waals surface area contributed by atoms with Crippen LogP contribution in [0.3, 0.4) is 0 Å². The maximum Gasteiger partial charge on any atom is 0.557 e. The molecule has 2 N–H and O–H groups in total. The molecule has 1 saturated heterocycles. The molecule has 7 fully saturated rings. The third-order valence-electron chi connectivity index (χ3n) is 12.5. The van der Waals surface area contributed by atoms with Gasteiger partial charge in [-0.1, -0.05) is 77.0 Å². The molecule has 0 amide bonds. The smallest absolute Gasteiger partial charge is 0.435 e. The lowest BCUT2D eigenvalue weighted by Crippen LogP contribution is -2.68. The molecule has 10 nitrogen and oxygen atoms in total. The molecule has 5 radical (unpaired) electrons. The molecule has 6 aliphatic carbocycles. The molecule has 7 rings (SSSR count). The first-order chi connectivity index (χ1) is 24.6. The molecule has 51 heavy (non-hydrogen) atoms. The van der Waals surface area contributed by atoms with Gasteiger partial charge in [0.05, 0.1) is 0 Å². The summed E-state index contributed by atoms with van der Waals surface area (Å²) in [7, 11) is -19.6. The van der Waals surface area contributed by atoms with Gasteiger partial charge in [-0.15, -0.1) is 0 Å². The molecule has 1 heterocycles. The standard InChI is InChI=1S/C33H65O10Si8/c1-49(2,3)39-45(29-18-6-7-19-29)37-46(30-20-8-9-21-30)40-50(35,32-24-12-13-25-32)43-51(33-26-14-15-27-33)41-47(31-22-10-11-23-31)36-44(38-48(34)42-51)28-16-4-5-17-28/h28-35H,4-27H2,1-3H3. The van der Waals surface area contributed by atoms with Gasteiger partial charge in [0.1, 0.15) is 0 Å². The first kappa shape index (κ1) is 40.5. The lowest BCUT2D eigenvalue weighted by atomic mass is 10.4. The summed E-state index contributed by atoms with van der Waals surface area (Å²) in [4.78, 5) is 25.0. The van der Waals surface area contributed by atoms with Gasteiger partial charge < -0.3 is 42.5 Å². The summed E-state index contributed by atoms with van der Waals surface area (Å²) >= 11 is 0. The molecule has 0 bridgehead atoms. The average Bonchev–Trinajstić information content (AvgIpc) is 3.94. The Kier molecular flexibility index (Phi) is 14.5. The highest BCUT2D eigenvalue weighted by molar-refractivity contribution is 6.86. The van der Waals surface area contributed by atoms with Crippen molar-refractivity contribution in [3.63, 3.8) is 0 Å². The Morgan fingerprint density at radius 2 is 1.06 bits per heavy atom. The molecule has 0 spiro atoms. The van der Waals surface area contributed by atoms with Crippen molar-refractivity contribution in [2.24, 2.45) is 0 Å². The molecule has 0 aromatic rings. The Morgan fingerprint density at radius 3 is 1.61 bits per heavy atom. The highest BCUT2D eigenvalue weighted by Gasteiger charge is 2.65. The van der Waals surface area contributed by atoms with E-state index in [0.29, 0.717) is 22.2 Å². The van der Waals surface area contributed by atoms with Crippen molar-refractivity contribution in [3.8, 4) is 0 Å². The molecule has 6 saturated carbocycles. The second-order valence-corrected chi connectivity index (χ2v) is 38.8. The average molecular weight is 847 g/mol. The van der Waals surface area contributed by atoms with Crippen LogP contribution in [0.4, 0.5) is 0 Å². The van der Waals surface area contributed by atoms with E-state index >= 15 is 0 Å². The Hall–Kier alpha value is 1.34. The van der Waals surface area contributed by atoms with Crippen LogP contribution in [0.2, 0.25) is 52.9 Å². The summed E-state index contributed by atoms with van der Waals surface area (Å²) < 4.78 is 56.9. The maximum absolute atomic E-state index is 13.3. The van der Waals surface area contributed by atoms with Gasteiger partial charge in [0.15, 0.2) is 8.32 Å². The topological polar surface area (TPSA) is 114 Å². The molecule has 289 valence electrons. The fourth-order valence-electron chi connectivity index (χ4n) is 9.68. The molecular weight excluding hydrogens is 781 g/mol. The predicted octanol–water partition coefficient (Wildman–Crippen LogP) is 8.43. The van der Waals surface area contributed by atoms with Gasteiger partial charge in [-0.2, -0.15) is 0 Å². The van der Waals surface area contributed by atoms with Crippen molar-refractivity contribution < 1.29 is 42.5 Å². The van der Waals surface area contributed by atoms with Crippen LogP contribution in [-0.2, 0) is 32.9 Å². The summed E-state index contributed by atoms with van der Waals surface area (Å²) in [5.74, 6) is 0. The second-order valence-electron chi connectivity index (χ2n) is 17.6. The Morgan fingerprint density at radius 1 is 0.588 bits per heavy atom. The summed E-state index contributed by atoms with van der Waals surface area (Å²) in [5, 5.41) is 0. The minimum atomic E-state index is -4.00. The summed E-state index contributed by atoms with van der Waals surface area (Å²) in [6, 6.07) is 0. The van der Waals surface area contributed by atoms with E-state index in [9.17, 15) is 9.59 Å². The van der Waals surface area contributed by atoms with E-state index in [4.69, 9.17) is 32.9 Å². The van der Waals surface area contributed by atoms with E-state index in [0.717, 1.165) is 103 Å². The zero-order valence-electron chi connectivity index (χ0n) is 31.6. The fourth-order valence-corrected chi connectivity index (χ4v) is 38.6. The molecule has 18 heteroatoms. The number of hydrogen-bond donors (Lipinski definition) is 2. The molecule has 1 aliphatic heterocycles. The summed E-state index contributed by atoms with van der Waals surface area (Å²) in [6.45, 7) is 6.81. The van der Waals surface area contributed by atoms with Gasteiger partial charge in [0, 0.05) is 33.2 Å². The van der Waals surface area contributed by atoms with E-state index in [1.165, 1.54) is 51.4 Å². The Balaban J connectivity index is 1.22. The monoisotopic (exact) mass is 845 g/mol. The lowest BCUT2D eigenvalue weighted by molar-refractivity contribution is 0.108. The van der Waals surface area contributed by atoms with Gasteiger partial charge in [-0.05, 0) is 96.7 Å². The van der Waals surface area contributed by atoms with Crippen molar-refractivity contribution in [3.05, 3.63) is 0 Å². The lowest BCUT2D eigenvalue weighted by Gasteiger charge is -2.46. The van der Waals surface area contributed by atoms with Crippen LogP contribution < -0.4 is 0 Å². The molecule has 7 aliphatic rings. The van der Waals surface area contributed by atoms with Crippen LogP contribution in [0.1, 0.15) is 154 Å². The van der Waals surface area contributed by atoms with E-state index in [1.807, 2.05) is 0 Å². The van der Waals surface area contributed by atoms with Crippen LogP contribution in [0, 0.1) is 0 Å². The molecular formula is C33H65O10Si8. The van der Waals surface area contributed by atoms with Crippen molar-refractivity contribution in [2.45, 2.75) is 207 Å². The van der Waals surface area contributed by atoms with Gasteiger partial charge in [-0.3, -0.25) is 0 Å². The molecule has 2 atom stereocenters. The molecule has 0 aromatic heterocycles. The van der Waals surface area contributed by atoms with Crippen molar-refractivity contribution in [1.82, 2.24) is 0 Å². The zero-order chi connectivity index (χ0) is 35.5. The largest absolute Gasteiger partial charge is 0.557 e. The minimum Gasteiger partial charge on any atom is -0.435 e. The highest BCUT2D eigenvalue weighted by Crippen LogP contribution is 2.50. The van der Waals surface area contributed by atoms with Gasteiger partial charge >= 0.3 is 64.3 Å². The van der Waals surface area contributed by atoms with Crippen LogP contribution in [0.15, 0.2) is 0 Å². The van der Waals surface area contributed by atoms with E-state index < -0.39 is 72.6 Å². The van der Waals surface area contributed by atoms with Crippen molar-refractivity contribution in [2.75, 3.05) is 0 Å². The highest BCUT2D eigenvalue weighted by atomic mass is 28.5. The summed E-state index contributed by atoms with van der Waals surface area (Å²) in [6.07, 6.45) is 26.2. The normalized spacial score (nSPS) is 31.6. The van der Waals surface area contributed by atoms with Crippen molar-refractivity contribution in [1.29, 1.82) is 0 Å². The van der Waals surface area contributed by atoms with E-state index in [-0.39, 0.29) is 11.1 Å². The molecule has 2 unspecified atom stereocenters. The Bertz CT molecular complexity index is 1080. The number of rotatable bonds is 14. The quantitative estimate of drug-likeness (QED) is 0.165. The van der Waals surface area contributed by atoms with Crippen LogP contribution in [0.25, 0.3) is 0 Å². The third-order valence-corrected chi connectivity index (χ3v) is 36.7. The first-order valence-corrected chi connectivity index (χ1v) is 34.7. The maximum atomic E-state index is 13.3. The van der Waals surface area contributed by atoms with E-state index in [1.54, 1.807) is 0 Å². The SMILES string of the molecule is C[Si](C)(C)O[Si](O[Si](O[Si](O)(O[Si]1(C2CCCC2)O[Si](O)O[Si](C2CCCC2)O[Si](C2CCCC2)O1)C1CCCC1)C1CCCC1)C1CCCC1. The van der Waals surface area contributed by atoms with Crippen LogP contribution in [0.5, 0.6) is 0 Å². The predicted molar refractivity (Wildman–Crippen MR) is 210 cm³/mol. The fraction of sp³-hybridized carbons (Fsp3) is 1.00. The minimum absolute atomic E-state index is 0.000980. The zero-order valence-corrected chi connectivity index (χ0v) is 39.6. The van der Waals surface area contributed by atoms with Gasteiger partial charge in [-0.25, -0.2) is 0 Å². The van der Waals surface area contributed by atoms with Gasteiger partial charge in [0.25, 0.3) is 0 Å². The third kappa shape index (κ3) is 10.5. The summed E-state index contributed by atoms with van der Waals surface area (Å²) in [5.41, 5.74) is 1.38. The van der Waals surface area contributed by atoms with Crippen LogP contribution in [-0.4, -0.2) is 82.2 Å². The number of hydrogen-bond acceptors (Lipinski definition) is 10. The first-order valence-electron chi connectivity index (χ1n) is 20.8. The second kappa shape index (κ2) is 18.3. The van der Waals surface area contributed by atoms with Crippen LogP contribution >= 0.6 is 0 Å². The van der Waals surface area contributed by atoms with Crippen molar-refractivity contribution >= 4 is 72.6 Å². The molecule has 0 aromatic carbocycles. The van der Waals surface area contributed by atoms with Gasteiger partial charge in [0.2, 0.25) is 0 Å². The van der Waals surface area contributed by atoms with E-state index in [2.05, 4.69) is 19.6 Å².